The van der Waals surface area contributed by atoms with Crippen molar-refractivity contribution in [2.75, 3.05) is 19.8 Å². The van der Waals surface area contributed by atoms with Gasteiger partial charge in [-0.1, -0.05) is 79.8 Å². The first-order valence-electron chi connectivity index (χ1n) is 10.6. The average molecular weight is 418 g/mol. The lowest BCUT2D eigenvalue weighted by Crippen LogP contribution is -2.51. The number of carbonyl (C=O) groups excluding carboxylic acids is 1. The van der Waals surface area contributed by atoms with Crippen LogP contribution in [0.3, 0.4) is 0 Å². The maximum absolute atomic E-state index is 11.6. The monoisotopic (exact) mass is 417 g/mol. The molecule has 0 aliphatic heterocycles. The summed E-state index contributed by atoms with van der Waals surface area (Å²) in [5.41, 5.74) is 4.34. The third-order valence-corrected chi connectivity index (χ3v) is 4.03. The highest BCUT2D eigenvalue weighted by atomic mass is 16.5. The fourth-order valence-electron chi connectivity index (χ4n) is 2.13. The molecule has 0 rings (SSSR count). The minimum absolute atomic E-state index is 0.137. The number of esters is 1. The fraction of sp³-hybridized carbons (Fsp3) is 0.480. The maximum Gasteiger partial charge on any atom is 0.309 e. The smallest absolute Gasteiger partial charge is 0.309 e. The zero-order valence-electron chi connectivity index (χ0n) is 18.3. The first kappa shape index (κ1) is 27.8. The van der Waals surface area contributed by atoms with Gasteiger partial charge in [0.2, 0.25) is 0 Å². The minimum Gasteiger partial charge on any atom is -0.463 e. The lowest BCUT2D eigenvalue weighted by Gasteiger charge is -2.23. The van der Waals surface area contributed by atoms with Crippen LogP contribution in [0.2, 0.25) is 0 Å². The van der Waals surface area contributed by atoms with Crippen LogP contribution in [-0.4, -0.2) is 41.5 Å². The zero-order valence-corrected chi connectivity index (χ0v) is 18.3. The van der Waals surface area contributed by atoms with Gasteiger partial charge in [-0.3, -0.25) is 4.79 Å². The number of carbonyl (C=O) groups is 1. The van der Waals surface area contributed by atoms with Crippen molar-refractivity contribution >= 4 is 5.97 Å². The molecule has 168 valence electrons. The topological polar surface area (TPSA) is 92.8 Å². The van der Waals surface area contributed by atoms with Gasteiger partial charge in [0.05, 0.1) is 25.2 Å². The average Bonchev–Trinajstić information content (AvgIpc) is 2.76. The van der Waals surface area contributed by atoms with Gasteiger partial charge in [0.25, 0.3) is 0 Å². The van der Waals surface area contributed by atoms with Gasteiger partial charge in [-0.25, -0.2) is 0 Å². The van der Waals surface area contributed by atoms with Crippen molar-refractivity contribution in [3.05, 3.63) is 72.9 Å². The summed E-state index contributed by atoms with van der Waals surface area (Å²) < 4.78 is 4.95. The van der Waals surface area contributed by atoms with Gasteiger partial charge in [-0.2, -0.15) is 0 Å². The number of aliphatic hydroxyl groups is 2. The van der Waals surface area contributed by atoms with E-state index in [0.717, 1.165) is 38.5 Å². The Kier molecular flexibility index (Phi) is 18.6. The Morgan fingerprint density at radius 1 is 0.733 bits per heavy atom. The molecule has 0 atom stereocenters. The Bertz CT molecular complexity index is 596. The summed E-state index contributed by atoms with van der Waals surface area (Å²) in [6.45, 7) is 1.04. The van der Waals surface area contributed by atoms with Crippen molar-refractivity contribution in [1.82, 2.24) is 0 Å². The predicted molar refractivity (Wildman–Crippen MR) is 125 cm³/mol. The molecule has 0 aromatic carbocycles. The van der Waals surface area contributed by atoms with Crippen LogP contribution in [0.25, 0.3) is 0 Å². The van der Waals surface area contributed by atoms with E-state index in [1.165, 1.54) is 0 Å². The van der Waals surface area contributed by atoms with E-state index >= 15 is 0 Å². The number of allylic oxidation sites excluding steroid dienone is 11. The van der Waals surface area contributed by atoms with Crippen LogP contribution in [-0.2, 0) is 9.53 Å². The predicted octanol–water partition coefficient (Wildman–Crippen LogP) is 4.30. The standard InChI is InChI=1S/C25H39NO4/c1-2-3-4-5-6-7-8-9-10-11-12-13-14-15-16-17-18-19-20-24(29)30-23-25(26,21-27)22-28/h3-4,6-7,9-10,12-13,15-16,18-19,27-28H,2,5,8,11,14,17,20-23,26H2,1H3/b4-3-,7-6-,10-9-,13-12-,16-15-,19-18-. The van der Waals surface area contributed by atoms with E-state index in [0.29, 0.717) is 0 Å². The highest BCUT2D eigenvalue weighted by molar-refractivity contribution is 5.71. The largest absolute Gasteiger partial charge is 0.463 e. The molecule has 0 saturated carbocycles. The number of nitrogens with two attached hydrogens (primary N) is 1. The van der Waals surface area contributed by atoms with Crippen LogP contribution in [0, 0.1) is 0 Å². The van der Waals surface area contributed by atoms with Crippen LogP contribution >= 0.6 is 0 Å². The zero-order chi connectivity index (χ0) is 22.3. The van der Waals surface area contributed by atoms with Gasteiger partial charge in [0, 0.05) is 0 Å². The molecule has 0 unspecified atom stereocenters. The van der Waals surface area contributed by atoms with E-state index in [1.807, 2.05) is 12.2 Å². The van der Waals surface area contributed by atoms with Crippen molar-refractivity contribution in [2.24, 2.45) is 5.73 Å². The van der Waals surface area contributed by atoms with Crippen molar-refractivity contribution in [3.8, 4) is 0 Å². The number of hydrogen-bond acceptors (Lipinski definition) is 5. The Morgan fingerprint density at radius 3 is 1.47 bits per heavy atom. The SMILES string of the molecule is CC/C=C\C/C=C\C/C=C\C/C=C\C/C=C\C/C=C\CC(=O)OCC(N)(CO)CO. The van der Waals surface area contributed by atoms with E-state index in [2.05, 4.69) is 61.6 Å². The molecular formula is C25H39NO4. The normalized spacial score (nSPS) is 13.3. The first-order valence-corrected chi connectivity index (χ1v) is 10.6. The van der Waals surface area contributed by atoms with E-state index in [-0.39, 0.29) is 13.0 Å². The molecule has 0 heterocycles. The van der Waals surface area contributed by atoms with Crippen molar-refractivity contribution < 1.29 is 19.7 Å². The van der Waals surface area contributed by atoms with Crippen LogP contribution < -0.4 is 5.73 Å². The Hall–Kier alpha value is -2.21. The molecule has 30 heavy (non-hydrogen) atoms. The van der Waals surface area contributed by atoms with Gasteiger partial charge in [0.15, 0.2) is 0 Å². The van der Waals surface area contributed by atoms with Crippen molar-refractivity contribution in [2.45, 2.75) is 57.4 Å². The molecule has 0 fully saturated rings. The first-order chi connectivity index (χ1) is 14.6. The maximum atomic E-state index is 11.6. The molecule has 0 spiro atoms. The number of rotatable bonds is 17. The Morgan fingerprint density at radius 2 is 1.10 bits per heavy atom. The lowest BCUT2D eigenvalue weighted by atomic mass is 10.1. The summed E-state index contributed by atoms with van der Waals surface area (Å²) in [7, 11) is 0. The highest BCUT2D eigenvalue weighted by Crippen LogP contribution is 2.01. The van der Waals surface area contributed by atoms with E-state index in [4.69, 9.17) is 20.7 Å². The molecule has 5 heteroatoms. The minimum atomic E-state index is -1.28. The van der Waals surface area contributed by atoms with Crippen molar-refractivity contribution in [3.63, 3.8) is 0 Å². The molecule has 5 nitrogen and oxygen atoms in total. The highest BCUT2D eigenvalue weighted by Gasteiger charge is 2.24. The molecule has 4 N–H and O–H groups in total. The molecule has 0 aromatic rings. The Labute approximate surface area is 182 Å². The molecule has 0 aliphatic rings. The number of aliphatic hydroxyl groups excluding tert-OH is 2. The van der Waals surface area contributed by atoms with Crippen LogP contribution in [0.15, 0.2) is 72.9 Å². The number of hydrogen-bond donors (Lipinski definition) is 3. The molecule has 0 radical (unpaired) electrons. The fourth-order valence-corrected chi connectivity index (χ4v) is 2.13. The lowest BCUT2D eigenvalue weighted by molar-refractivity contribution is -0.145. The molecule has 0 saturated heterocycles. The Balaban J connectivity index is 3.73. The van der Waals surface area contributed by atoms with Gasteiger partial charge in [-0.15, -0.1) is 0 Å². The van der Waals surface area contributed by atoms with Crippen LogP contribution in [0.5, 0.6) is 0 Å². The summed E-state index contributed by atoms with van der Waals surface area (Å²) in [6, 6.07) is 0. The summed E-state index contributed by atoms with van der Waals surface area (Å²) in [5, 5.41) is 18.1. The van der Waals surface area contributed by atoms with Gasteiger partial charge >= 0.3 is 5.97 Å². The quantitative estimate of drug-likeness (QED) is 0.242. The molecule has 0 aliphatic carbocycles. The summed E-state index contributed by atoms with van der Waals surface area (Å²) >= 11 is 0. The second-order valence-electron chi connectivity index (χ2n) is 6.96. The summed E-state index contributed by atoms with van der Waals surface area (Å²) in [6.07, 6.45) is 30.9. The second-order valence-corrected chi connectivity index (χ2v) is 6.96. The van der Waals surface area contributed by atoms with E-state index < -0.39 is 24.7 Å². The molecule has 0 aromatic heterocycles. The molecule has 0 amide bonds. The number of ether oxygens (including phenoxy) is 1. The van der Waals surface area contributed by atoms with Crippen LogP contribution in [0.1, 0.15) is 51.9 Å². The third-order valence-electron chi connectivity index (χ3n) is 4.03. The third kappa shape index (κ3) is 17.9. The van der Waals surface area contributed by atoms with Gasteiger partial charge in [-0.05, 0) is 38.5 Å². The van der Waals surface area contributed by atoms with E-state index in [9.17, 15) is 4.79 Å². The van der Waals surface area contributed by atoms with Gasteiger partial charge in [0.1, 0.15) is 6.61 Å². The van der Waals surface area contributed by atoms with Crippen molar-refractivity contribution in [1.29, 1.82) is 0 Å². The summed E-state index contributed by atoms with van der Waals surface area (Å²) in [5.74, 6) is -0.438. The molecule has 0 bridgehead atoms. The molecular weight excluding hydrogens is 378 g/mol. The summed E-state index contributed by atoms with van der Waals surface area (Å²) in [4.78, 5) is 11.6. The van der Waals surface area contributed by atoms with Gasteiger partial charge < -0.3 is 20.7 Å². The van der Waals surface area contributed by atoms with E-state index in [1.54, 1.807) is 6.08 Å². The second kappa shape index (κ2) is 20.1. The van der Waals surface area contributed by atoms with Crippen LogP contribution in [0.4, 0.5) is 0 Å².